The number of esters is 2. The summed E-state index contributed by atoms with van der Waals surface area (Å²) in [4.78, 5) is 51.7. The number of allylic oxidation sites excluding steroid dienone is 2. The van der Waals surface area contributed by atoms with Crippen molar-refractivity contribution in [1.29, 1.82) is 0 Å². The highest BCUT2D eigenvalue weighted by Crippen LogP contribution is 2.87. The Morgan fingerprint density at radius 1 is 1.07 bits per heavy atom. The van der Waals surface area contributed by atoms with Crippen LogP contribution in [0.3, 0.4) is 0 Å². The second kappa shape index (κ2) is 11.1. The van der Waals surface area contributed by atoms with Crippen molar-refractivity contribution < 1.29 is 38.5 Å². The molecule has 0 heterocycles. The van der Waals surface area contributed by atoms with E-state index < -0.39 is 30.0 Å². The summed E-state index contributed by atoms with van der Waals surface area (Å²) in [6.07, 6.45) is 8.41. The van der Waals surface area contributed by atoms with Crippen LogP contribution in [-0.2, 0) is 33.4 Å². The number of hydrogen-bond donors (Lipinski definition) is 1. The molecule has 8 nitrogen and oxygen atoms in total. The van der Waals surface area contributed by atoms with Gasteiger partial charge in [-0.25, -0.2) is 0 Å². The van der Waals surface area contributed by atoms with Gasteiger partial charge in [0.2, 0.25) is 0 Å². The van der Waals surface area contributed by atoms with Gasteiger partial charge in [-0.2, -0.15) is 0 Å². The van der Waals surface area contributed by atoms with Crippen molar-refractivity contribution in [2.75, 3.05) is 20.3 Å². The van der Waals surface area contributed by atoms with Gasteiger partial charge in [0.15, 0.2) is 17.7 Å². The first-order chi connectivity index (χ1) is 20.1. The summed E-state index contributed by atoms with van der Waals surface area (Å²) < 4.78 is 17.3. The van der Waals surface area contributed by atoms with Gasteiger partial charge < -0.3 is 19.3 Å². The summed E-state index contributed by atoms with van der Waals surface area (Å²) in [5.41, 5.74) is -0.250. The fraction of sp³-hybridized carbons (Fsp3) is 0.829. The lowest BCUT2D eigenvalue weighted by Crippen LogP contribution is -2.56. The molecule has 240 valence electrons. The number of aliphatic hydroxyl groups excluding tert-OH is 1. The van der Waals surface area contributed by atoms with E-state index in [0.29, 0.717) is 18.3 Å². The van der Waals surface area contributed by atoms with E-state index in [1.807, 2.05) is 13.0 Å². The Morgan fingerprint density at radius 2 is 1.77 bits per heavy atom. The van der Waals surface area contributed by atoms with Crippen LogP contribution in [0, 0.1) is 63.1 Å². The number of ether oxygens (including phenoxy) is 3. The first kappa shape index (κ1) is 32.3. The highest BCUT2D eigenvalue weighted by molar-refractivity contribution is 5.93. The van der Waals surface area contributed by atoms with Gasteiger partial charge in [0, 0.05) is 51.2 Å². The third-order valence-corrected chi connectivity index (χ3v) is 13.6. The van der Waals surface area contributed by atoms with Gasteiger partial charge in [-0.3, -0.25) is 19.2 Å². The van der Waals surface area contributed by atoms with Gasteiger partial charge >= 0.3 is 11.9 Å². The maximum absolute atomic E-state index is 14.1. The smallest absolute Gasteiger partial charge is 0.303 e. The maximum Gasteiger partial charge on any atom is 0.303 e. The highest BCUT2D eigenvalue weighted by atomic mass is 16.6. The number of aliphatic hydroxyl groups is 1. The number of hydrogen-bond acceptors (Lipinski definition) is 8. The van der Waals surface area contributed by atoms with E-state index in [2.05, 4.69) is 26.8 Å². The SMILES string of the molecule is COCC(C(=O)[C@H](OC(C)=O)[C@@H](C)[C@H]1[C@@H](OC(C)=O)C[C@@]2(C)[C@@H]3CC[C@H]4[C@H](C)C(=O)C=C[C@@]45C[C@@]35CC[C@]12C)[C@@H](C)CO. The summed E-state index contributed by atoms with van der Waals surface area (Å²) in [6, 6.07) is 0. The summed E-state index contributed by atoms with van der Waals surface area (Å²) in [5.74, 6) is -1.73. The molecule has 2 spiro atoms. The first-order valence-electron chi connectivity index (χ1n) is 16.3. The molecule has 0 amide bonds. The molecule has 0 saturated heterocycles. The van der Waals surface area contributed by atoms with Crippen molar-refractivity contribution in [3.8, 4) is 0 Å². The van der Waals surface area contributed by atoms with Gasteiger partial charge in [0.25, 0.3) is 0 Å². The van der Waals surface area contributed by atoms with Gasteiger partial charge in [-0.15, -0.1) is 0 Å². The largest absolute Gasteiger partial charge is 0.462 e. The molecular formula is C35H52O8. The molecule has 0 aromatic rings. The number of fused-ring (bicyclic) bond motifs is 2. The zero-order chi connectivity index (χ0) is 31.7. The molecule has 0 aliphatic heterocycles. The number of Topliss-reactive ketones (excluding diaryl/α,β-unsaturated/α-hetero) is 1. The van der Waals surface area contributed by atoms with Gasteiger partial charge in [-0.05, 0) is 84.0 Å². The van der Waals surface area contributed by atoms with Gasteiger partial charge in [0.1, 0.15) is 6.10 Å². The molecule has 5 aliphatic carbocycles. The molecular weight excluding hydrogens is 548 g/mol. The molecule has 1 N–H and O–H groups in total. The summed E-state index contributed by atoms with van der Waals surface area (Å²) >= 11 is 0. The Balaban J connectivity index is 1.54. The van der Waals surface area contributed by atoms with Gasteiger partial charge in [0.05, 0.1) is 6.61 Å². The average Bonchev–Trinajstić information content (AvgIpc) is 3.55. The minimum atomic E-state index is -1.05. The molecule has 0 bridgehead atoms. The Kier molecular flexibility index (Phi) is 8.33. The minimum Gasteiger partial charge on any atom is -0.462 e. The Bertz CT molecular complexity index is 1190. The molecule has 13 atom stereocenters. The lowest BCUT2D eigenvalue weighted by atomic mass is 9.43. The lowest BCUT2D eigenvalue weighted by molar-refractivity contribution is -0.170. The second-order valence-corrected chi connectivity index (χ2v) is 15.4. The maximum atomic E-state index is 14.1. The van der Waals surface area contributed by atoms with Crippen molar-refractivity contribution in [3.63, 3.8) is 0 Å². The molecule has 4 fully saturated rings. The summed E-state index contributed by atoms with van der Waals surface area (Å²) in [7, 11) is 1.52. The standard InChI is InChI=1S/C35H52O8/c1-19(16-36)24(17-41-8)30(40)31(43-23(5)38)21(3)29-27(42-22(4)37)15-33(7)28-10-9-25-20(2)26(39)11-12-34(25)18-35(28,34)14-13-32(29,33)6/h11-12,19-21,24-25,27-29,31,36H,9-10,13-18H2,1-8H3/t19-,20-,21-,24?,25-,27-,28-,29-,31+,32+,33-,34+,35-/m0/s1. The minimum absolute atomic E-state index is 0.0495. The normalized spacial score (nSPS) is 43.7. The molecule has 0 aromatic heterocycles. The molecule has 0 aromatic carbocycles. The van der Waals surface area contributed by atoms with Crippen molar-refractivity contribution in [2.24, 2.45) is 63.1 Å². The van der Waals surface area contributed by atoms with E-state index in [9.17, 15) is 24.3 Å². The lowest BCUT2D eigenvalue weighted by Gasteiger charge is -2.61. The van der Waals surface area contributed by atoms with E-state index >= 15 is 0 Å². The predicted octanol–water partition coefficient (Wildman–Crippen LogP) is 4.95. The number of methoxy groups -OCH3 is 1. The van der Waals surface area contributed by atoms with E-state index in [4.69, 9.17) is 14.2 Å². The quantitative estimate of drug-likeness (QED) is 0.350. The zero-order valence-corrected chi connectivity index (χ0v) is 27.3. The number of rotatable bonds is 10. The molecule has 5 aliphatic rings. The molecule has 1 unspecified atom stereocenters. The third kappa shape index (κ3) is 4.59. The number of carbonyl (C=O) groups is 4. The molecule has 4 saturated carbocycles. The van der Waals surface area contributed by atoms with Crippen LogP contribution in [-0.4, -0.2) is 61.1 Å². The average molecular weight is 601 g/mol. The van der Waals surface area contributed by atoms with Crippen LogP contribution in [0.25, 0.3) is 0 Å². The Morgan fingerprint density at radius 3 is 2.37 bits per heavy atom. The first-order valence-corrected chi connectivity index (χ1v) is 16.3. The van der Waals surface area contributed by atoms with E-state index in [-0.39, 0.29) is 70.2 Å². The highest BCUT2D eigenvalue weighted by Gasteiger charge is 2.81. The van der Waals surface area contributed by atoms with E-state index in [0.717, 1.165) is 32.1 Å². The molecule has 43 heavy (non-hydrogen) atoms. The number of ketones is 2. The van der Waals surface area contributed by atoms with Crippen LogP contribution in [0.2, 0.25) is 0 Å². The monoisotopic (exact) mass is 600 g/mol. The number of carbonyl (C=O) groups excluding carboxylic acids is 4. The van der Waals surface area contributed by atoms with E-state index in [1.165, 1.54) is 21.0 Å². The van der Waals surface area contributed by atoms with Crippen molar-refractivity contribution >= 4 is 23.5 Å². The van der Waals surface area contributed by atoms with Crippen LogP contribution in [0.1, 0.15) is 87.0 Å². The van der Waals surface area contributed by atoms with Crippen molar-refractivity contribution in [3.05, 3.63) is 12.2 Å². The van der Waals surface area contributed by atoms with Crippen LogP contribution in [0.15, 0.2) is 12.2 Å². The molecule has 0 radical (unpaired) electrons. The van der Waals surface area contributed by atoms with Crippen LogP contribution >= 0.6 is 0 Å². The van der Waals surface area contributed by atoms with Crippen molar-refractivity contribution in [1.82, 2.24) is 0 Å². The zero-order valence-electron chi connectivity index (χ0n) is 27.3. The third-order valence-electron chi connectivity index (χ3n) is 13.6. The fourth-order valence-electron chi connectivity index (χ4n) is 11.5. The Hall–Kier alpha value is -2.06. The van der Waals surface area contributed by atoms with Crippen LogP contribution in [0.4, 0.5) is 0 Å². The van der Waals surface area contributed by atoms with Crippen LogP contribution in [0.5, 0.6) is 0 Å². The Labute approximate surface area is 256 Å². The van der Waals surface area contributed by atoms with E-state index in [1.54, 1.807) is 6.92 Å². The summed E-state index contributed by atoms with van der Waals surface area (Å²) in [6.45, 7) is 13.2. The topological polar surface area (TPSA) is 116 Å². The van der Waals surface area contributed by atoms with Crippen LogP contribution < -0.4 is 0 Å². The summed E-state index contributed by atoms with van der Waals surface area (Å²) in [5, 5.41) is 9.92. The van der Waals surface area contributed by atoms with Crippen molar-refractivity contribution in [2.45, 2.75) is 99.2 Å². The second-order valence-electron chi connectivity index (χ2n) is 15.4. The van der Waals surface area contributed by atoms with Gasteiger partial charge in [-0.1, -0.05) is 40.7 Å². The molecule has 8 heteroatoms. The predicted molar refractivity (Wildman–Crippen MR) is 159 cm³/mol. The molecule has 5 rings (SSSR count). The fourth-order valence-corrected chi connectivity index (χ4v) is 11.5.